The quantitative estimate of drug-likeness (QED) is 0.287. The van der Waals surface area contributed by atoms with Crippen molar-refractivity contribution in [2.45, 2.75) is 71.1 Å². The minimum Gasteiger partial charge on any atom is -0.512 e. The first kappa shape index (κ1) is 16.1. The van der Waals surface area contributed by atoms with E-state index in [0.717, 1.165) is 6.42 Å². The van der Waals surface area contributed by atoms with Gasteiger partial charge in [-0.2, -0.15) is 0 Å². The Hall–Kier alpha value is -0.920. The van der Waals surface area contributed by atoms with Crippen LogP contribution in [0.4, 0.5) is 0 Å². The van der Waals surface area contributed by atoms with Gasteiger partial charge >= 0.3 is 0 Å². The van der Waals surface area contributed by atoms with Crippen LogP contribution in [0.15, 0.2) is 24.2 Å². The van der Waals surface area contributed by atoms with Crippen LogP contribution < -0.4 is 0 Å². The molecule has 0 unspecified atom stereocenters. The lowest BCUT2D eigenvalue weighted by molar-refractivity contribution is 0.377. The molecular weight excluding hydrogens is 212 g/mol. The van der Waals surface area contributed by atoms with E-state index in [-0.39, 0.29) is 5.76 Å². The molecule has 0 aromatic rings. The fourth-order valence-electron chi connectivity index (χ4n) is 1.82. The summed E-state index contributed by atoms with van der Waals surface area (Å²) in [6.07, 6.45) is 17.1. The largest absolute Gasteiger partial charge is 0.512 e. The van der Waals surface area contributed by atoms with Crippen molar-refractivity contribution in [2.75, 3.05) is 0 Å². The Kier molecular flexibility index (Phi) is 12.4. The van der Waals surface area contributed by atoms with Crippen molar-refractivity contribution in [3.05, 3.63) is 24.2 Å². The summed E-state index contributed by atoms with van der Waals surface area (Å²) in [6.45, 7) is 2.25. The maximum absolute atomic E-state index is 8.93. The predicted octanol–water partition coefficient (Wildman–Crippen LogP) is 5.42. The highest BCUT2D eigenvalue weighted by atomic mass is 16.3. The first-order chi connectivity index (χ1) is 8.31. The second-order valence-electron chi connectivity index (χ2n) is 4.57. The Morgan fingerprint density at radius 2 is 1.41 bits per heavy atom. The van der Waals surface area contributed by atoms with Crippen LogP contribution in [0.3, 0.4) is 0 Å². The molecule has 0 saturated heterocycles. The van der Waals surface area contributed by atoms with Gasteiger partial charge in [0, 0.05) is 0 Å². The highest BCUT2D eigenvalue weighted by Crippen LogP contribution is 2.10. The van der Waals surface area contributed by atoms with Gasteiger partial charge in [-0.1, -0.05) is 64.4 Å². The lowest BCUT2D eigenvalue weighted by atomic mass is 10.1. The van der Waals surface area contributed by atoms with Crippen molar-refractivity contribution < 1.29 is 10.2 Å². The van der Waals surface area contributed by atoms with Crippen molar-refractivity contribution in [3.63, 3.8) is 0 Å². The predicted molar refractivity (Wildman–Crippen MR) is 74.3 cm³/mol. The van der Waals surface area contributed by atoms with Gasteiger partial charge in [0.2, 0.25) is 0 Å². The van der Waals surface area contributed by atoms with E-state index in [1.807, 2.05) is 6.08 Å². The van der Waals surface area contributed by atoms with Crippen LogP contribution in [0.25, 0.3) is 0 Å². The second kappa shape index (κ2) is 13.1. The molecule has 0 amide bonds. The fourth-order valence-corrected chi connectivity index (χ4v) is 1.82. The molecule has 0 spiro atoms. The third-order valence-electron chi connectivity index (χ3n) is 2.90. The lowest BCUT2D eigenvalue weighted by Crippen LogP contribution is -1.81. The molecule has 0 aromatic carbocycles. The van der Waals surface area contributed by atoms with Gasteiger partial charge in [0.15, 0.2) is 0 Å². The van der Waals surface area contributed by atoms with Gasteiger partial charge in [-0.3, -0.25) is 0 Å². The molecule has 2 heteroatoms. The monoisotopic (exact) mass is 240 g/mol. The van der Waals surface area contributed by atoms with E-state index in [4.69, 9.17) is 10.2 Å². The summed E-state index contributed by atoms with van der Waals surface area (Å²) in [7, 11) is 0. The molecule has 0 rings (SSSR count). The zero-order chi connectivity index (χ0) is 12.8. The first-order valence-corrected chi connectivity index (χ1v) is 7.01. The molecule has 100 valence electrons. The van der Waals surface area contributed by atoms with Crippen LogP contribution in [0.2, 0.25) is 0 Å². The molecule has 0 saturated carbocycles. The summed E-state index contributed by atoms with van der Waals surface area (Å²) in [4.78, 5) is 0. The molecule has 0 radical (unpaired) electrons. The number of aliphatic hydroxyl groups is 2. The average Bonchev–Trinajstić information content (AvgIpc) is 2.35. The number of hydrogen-bond donors (Lipinski definition) is 2. The van der Waals surface area contributed by atoms with Gasteiger partial charge in [-0.15, -0.1) is 0 Å². The number of hydrogen-bond acceptors (Lipinski definition) is 2. The van der Waals surface area contributed by atoms with Gasteiger partial charge in [0.05, 0.1) is 0 Å². The Bertz CT molecular complexity index is 207. The molecule has 0 fully saturated rings. The molecular formula is C15H28O2. The lowest BCUT2D eigenvalue weighted by Gasteiger charge is -2.00. The molecule has 0 aliphatic carbocycles. The Morgan fingerprint density at radius 3 is 1.94 bits per heavy atom. The van der Waals surface area contributed by atoms with E-state index in [2.05, 4.69) is 6.92 Å². The Labute approximate surface area is 106 Å². The summed E-state index contributed by atoms with van der Waals surface area (Å²) in [5, 5.41) is 17.4. The zero-order valence-corrected chi connectivity index (χ0v) is 11.2. The summed E-state index contributed by atoms with van der Waals surface area (Å²) in [5.41, 5.74) is 0. The topological polar surface area (TPSA) is 40.5 Å². The van der Waals surface area contributed by atoms with E-state index < -0.39 is 0 Å². The number of unbranched alkanes of at least 4 members (excludes halogenated alkanes) is 9. The van der Waals surface area contributed by atoms with Crippen molar-refractivity contribution in [2.24, 2.45) is 0 Å². The normalized spacial score (nSPS) is 12.4. The van der Waals surface area contributed by atoms with E-state index in [9.17, 15) is 0 Å². The van der Waals surface area contributed by atoms with Gasteiger partial charge in [-0.05, 0) is 18.9 Å². The summed E-state index contributed by atoms with van der Waals surface area (Å²) >= 11 is 0. The van der Waals surface area contributed by atoms with Crippen LogP contribution in [0.5, 0.6) is 0 Å². The molecule has 17 heavy (non-hydrogen) atoms. The average molecular weight is 240 g/mol. The molecule has 0 aliphatic rings. The van der Waals surface area contributed by atoms with Crippen molar-refractivity contribution in [1.29, 1.82) is 0 Å². The van der Waals surface area contributed by atoms with Gasteiger partial charge in [-0.25, -0.2) is 0 Å². The molecule has 0 atom stereocenters. The van der Waals surface area contributed by atoms with Crippen LogP contribution in [-0.4, -0.2) is 10.2 Å². The van der Waals surface area contributed by atoms with Crippen molar-refractivity contribution in [1.82, 2.24) is 0 Å². The van der Waals surface area contributed by atoms with E-state index >= 15 is 0 Å². The molecule has 0 heterocycles. The number of aliphatic hydroxyl groups excluding tert-OH is 2. The van der Waals surface area contributed by atoms with Gasteiger partial charge in [0.25, 0.3) is 0 Å². The number of allylic oxidation sites excluding steroid dienone is 2. The molecule has 0 bridgehead atoms. The third kappa shape index (κ3) is 13.0. The summed E-state index contributed by atoms with van der Waals surface area (Å²) in [5.74, 6) is -0.0686. The van der Waals surface area contributed by atoms with E-state index in [1.165, 1.54) is 57.8 Å². The van der Waals surface area contributed by atoms with Crippen LogP contribution in [-0.2, 0) is 0 Å². The van der Waals surface area contributed by atoms with Gasteiger partial charge < -0.3 is 10.2 Å². The smallest absolute Gasteiger partial charge is 0.149 e. The second-order valence-corrected chi connectivity index (χ2v) is 4.57. The van der Waals surface area contributed by atoms with Crippen LogP contribution in [0.1, 0.15) is 71.1 Å². The molecule has 2 nitrogen and oxygen atoms in total. The van der Waals surface area contributed by atoms with Gasteiger partial charge in [0.1, 0.15) is 12.0 Å². The first-order valence-electron chi connectivity index (χ1n) is 7.01. The highest BCUT2D eigenvalue weighted by Gasteiger charge is 1.91. The van der Waals surface area contributed by atoms with Crippen molar-refractivity contribution in [3.8, 4) is 0 Å². The van der Waals surface area contributed by atoms with E-state index in [0.29, 0.717) is 6.26 Å². The minimum absolute atomic E-state index is 0.0686. The van der Waals surface area contributed by atoms with Crippen LogP contribution in [0, 0.1) is 0 Å². The highest BCUT2D eigenvalue weighted by molar-refractivity contribution is 5.06. The Balaban J connectivity index is 3.11. The maximum atomic E-state index is 8.93. The van der Waals surface area contributed by atoms with Crippen LogP contribution >= 0.6 is 0 Å². The fraction of sp³-hybridized carbons (Fsp3) is 0.733. The standard InChI is InChI=1S/C15H28O2/c1-2-3-4-5-6-7-8-9-10-11-12-13-15(17)14-16/h12-14,16-17H,2-11H2,1H3. The minimum atomic E-state index is -0.0686. The van der Waals surface area contributed by atoms with E-state index in [1.54, 1.807) is 6.08 Å². The zero-order valence-electron chi connectivity index (χ0n) is 11.2. The third-order valence-corrected chi connectivity index (χ3v) is 2.90. The summed E-state index contributed by atoms with van der Waals surface area (Å²) < 4.78 is 0. The maximum Gasteiger partial charge on any atom is 0.149 e. The molecule has 0 aliphatic heterocycles. The molecule has 2 N–H and O–H groups in total. The summed E-state index contributed by atoms with van der Waals surface area (Å²) in [6, 6.07) is 0. The van der Waals surface area contributed by atoms with Crippen molar-refractivity contribution >= 4 is 0 Å². The number of rotatable bonds is 11. The SMILES string of the molecule is CCCCCCCCCCCC=CC(O)=CO. The Morgan fingerprint density at radius 1 is 0.882 bits per heavy atom. The molecule has 0 aromatic heterocycles.